The van der Waals surface area contributed by atoms with Gasteiger partial charge in [-0.05, 0) is 49.0 Å². The summed E-state index contributed by atoms with van der Waals surface area (Å²) in [6.45, 7) is 1.88. The van der Waals surface area contributed by atoms with Crippen LogP contribution >= 0.6 is 12.2 Å². The molecule has 0 atom stereocenters. The Morgan fingerprint density at radius 3 is 2.61 bits per heavy atom. The highest BCUT2D eigenvalue weighted by molar-refractivity contribution is 7.80. The quantitative estimate of drug-likeness (QED) is 0.481. The second-order valence-corrected chi connectivity index (χ2v) is 6.78. The lowest BCUT2D eigenvalue weighted by Crippen LogP contribution is -2.34. The summed E-state index contributed by atoms with van der Waals surface area (Å²) in [6, 6.07) is 19.0. The van der Waals surface area contributed by atoms with Gasteiger partial charge in [-0.25, -0.2) is 0 Å². The molecule has 3 aromatic carbocycles. The summed E-state index contributed by atoms with van der Waals surface area (Å²) in [5.74, 6) is 0.203. The number of rotatable bonds is 3. The second-order valence-electron chi connectivity index (χ2n) is 6.37. The fourth-order valence-corrected chi connectivity index (χ4v) is 3.45. The third-order valence-corrected chi connectivity index (χ3v) is 4.73. The zero-order valence-electron chi connectivity index (χ0n) is 15.4. The summed E-state index contributed by atoms with van der Waals surface area (Å²) >= 11 is 5.30. The minimum Gasteiger partial charge on any atom is -0.496 e. The van der Waals surface area contributed by atoms with E-state index in [4.69, 9.17) is 21.4 Å². The van der Waals surface area contributed by atoms with Crippen LogP contribution in [0.2, 0.25) is 0 Å². The van der Waals surface area contributed by atoms with Crippen LogP contribution in [0.15, 0.2) is 65.1 Å². The van der Waals surface area contributed by atoms with Gasteiger partial charge in [0.2, 0.25) is 0 Å². The number of methoxy groups -OCH3 is 1. The van der Waals surface area contributed by atoms with Gasteiger partial charge in [0, 0.05) is 22.5 Å². The van der Waals surface area contributed by atoms with E-state index in [-0.39, 0.29) is 11.0 Å². The van der Waals surface area contributed by atoms with Crippen molar-refractivity contribution < 1.29 is 13.9 Å². The maximum Gasteiger partial charge on any atom is 0.261 e. The van der Waals surface area contributed by atoms with Gasteiger partial charge in [0.1, 0.15) is 16.9 Å². The molecule has 2 N–H and O–H groups in total. The number of aryl methyl sites for hydroxylation is 1. The first-order chi connectivity index (χ1) is 13.6. The van der Waals surface area contributed by atoms with Crippen molar-refractivity contribution in [3.8, 4) is 5.75 Å². The summed E-state index contributed by atoms with van der Waals surface area (Å²) < 4.78 is 11.2. The van der Waals surface area contributed by atoms with Crippen molar-refractivity contribution in [1.29, 1.82) is 0 Å². The van der Waals surface area contributed by atoms with E-state index in [1.165, 1.54) is 7.11 Å². The lowest BCUT2D eigenvalue weighted by atomic mass is 10.1. The molecule has 0 spiro atoms. The van der Waals surface area contributed by atoms with E-state index in [0.717, 1.165) is 33.2 Å². The Kier molecular flexibility index (Phi) is 4.71. The first-order valence-electron chi connectivity index (χ1n) is 8.74. The standard InChI is InChI=1S/C22H18N2O3S/c1-13-6-5-8-17(20(13)26-2)21(25)24-22(28)23-14-10-11-16-15-7-3-4-9-18(15)27-19(16)12-14/h3-12H,1-2H3,(H2,23,24,25,28). The molecule has 0 bridgehead atoms. The summed E-state index contributed by atoms with van der Waals surface area (Å²) in [5.41, 5.74) is 3.62. The van der Waals surface area contributed by atoms with E-state index in [9.17, 15) is 4.79 Å². The minimum atomic E-state index is -0.331. The van der Waals surface area contributed by atoms with Crippen LogP contribution < -0.4 is 15.4 Å². The number of benzene rings is 3. The van der Waals surface area contributed by atoms with Gasteiger partial charge < -0.3 is 14.5 Å². The molecule has 1 amide bonds. The van der Waals surface area contributed by atoms with Crippen LogP contribution in [0, 0.1) is 6.92 Å². The number of fused-ring (bicyclic) bond motifs is 3. The molecule has 0 aliphatic carbocycles. The normalized spacial score (nSPS) is 10.8. The molecule has 6 heteroatoms. The average molecular weight is 390 g/mol. The Bertz CT molecular complexity index is 1210. The fraction of sp³-hybridized carbons (Fsp3) is 0.0909. The molecule has 140 valence electrons. The second kappa shape index (κ2) is 7.32. The first-order valence-corrected chi connectivity index (χ1v) is 9.15. The number of hydrogen-bond acceptors (Lipinski definition) is 4. The van der Waals surface area contributed by atoms with E-state index >= 15 is 0 Å². The molecule has 1 heterocycles. The molecule has 0 unspecified atom stereocenters. The van der Waals surface area contributed by atoms with Gasteiger partial charge in [-0.2, -0.15) is 0 Å². The van der Waals surface area contributed by atoms with Gasteiger partial charge in [-0.15, -0.1) is 0 Å². The van der Waals surface area contributed by atoms with E-state index in [2.05, 4.69) is 10.6 Å². The van der Waals surface area contributed by atoms with Crippen LogP contribution in [-0.2, 0) is 0 Å². The van der Waals surface area contributed by atoms with Crippen LogP contribution in [0.4, 0.5) is 5.69 Å². The molecular formula is C22H18N2O3S. The molecule has 0 aliphatic heterocycles. The Balaban J connectivity index is 1.53. The minimum absolute atomic E-state index is 0.198. The zero-order chi connectivity index (χ0) is 19.7. The average Bonchev–Trinajstić information content (AvgIpc) is 3.05. The highest BCUT2D eigenvalue weighted by atomic mass is 32.1. The fourth-order valence-electron chi connectivity index (χ4n) is 3.24. The number of carbonyl (C=O) groups is 1. The number of anilines is 1. The molecule has 4 aromatic rings. The van der Waals surface area contributed by atoms with E-state index in [1.807, 2.05) is 55.5 Å². The van der Waals surface area contributed by atoms with Crippen LogP contribution in [0.1, 0.15) is 15.9 Å². The summed E-state index contributed by atoms with van der Waals surface area (Å²) in [6.07, 6.45) is 0. The van der Waals surface area contributed by atoms with E-state index < -0.39 is 0 Å². The highest BCUT2D eigenvalue weighted by Gasteiger charge is 2.15. The van der Waals surface area contributed by atoms with Crippen LogP contribution in [0.5, 0.6) is 5.75 Å². The number of hydrogen-bond donors (Lipinski definition) is 2. The number of furan rings is 1. The third-order valence-electron chi connectivity index (χ3n) is 4.52. The molecule has 0 fully saturated rings. The topological polar surface area (TPSA) is 63.5 Å². The zero-order valence-corrected chi connectivity index (χ0v) is 16.2. The molecule has 0 radical (unpaired) electrons. The van der Waals surface area contributed by atoms with Gasteiger partial charge in [0.25, 0.3) is 5.91 Å². The summed E-state index contributed by atoms with van der Waals surface area (Å²) in [7, 11) is 1.54. The van der Waals surface area contributed by atoms with Crippen molar-refractivity contribution in [2.75, 3.05) is 12.4 Å². The highest BCUT2D eigenvalue weighted by Crippen LogP contribution is 2.30. The SMILES string of the molecule is COc1c(C)cccc1C(=O)NC(=S)Nc1ccc2c(c1)oc1ccccc12. The molecule has 0 saturated heterocycles. The van der Waals surface area contributed by atoms with Crippen molar-refractivity contribution in [2.45, 2.75) is 6.92 Å². The van der Waals surface area contributed by atoms with Crippen LogP contribution in [0.25, 0.3) is 21.9 Å². The summed E-state index contributed by atoms with van der Waals surface area (Å²) in [5, 5.41) is 8.01. The molecule has 0 aliphatic rings. The largest absolute Gasteiger partial charge is 0.496 e. The smallest absolute Gasteiger partial charge is 0.261 e. The Labute approximate surface area is 167 Å². The Morgan fingerprint density at radius 2 is 1.79 bits per heavy atom. The Morgan fingerprint density at radius 1 is 1.00 bits per heavy atom. The van der Waals surface area contributed by atoms with E-state index in [0.29, 0.717) is 11.3 Å². The van der Waals surface area contributed by atoms with Gasteiger partial charge in [0.05, 0.1) is 12.7 Å². The maximum atomic E-state index is 12.6. The lowest BCUT2D eigenvalue weighted by Gasteiger charge is -2.13. The molecule has 28 heavy (non-hydrogen) atoms. The van der Waals surface area contributed by atoms with Gasteiger partial charge in [-0.1, -0.05) is 30.3 Å². The van der Waals surface area contributed by atoms with Gasteiger partial charge in [-0.3, -0.25) is 10.1 Å². The monoisotopic (exact) mass is 390 g/mol. The Hall–Kier alpha value is -3.38. The first kappa shape index (κ1) is 18.0. The predicted molar refractivity (Wildman–Crippen MR) is 115 cm³/mol. The van der Waals surface area contributed by atoms with Crippen molar-refractivity contribution >= 4 is 50.9 Å². The van der Waals surface area contributed by atoms with Gasteiger partial charge in [0.15, 0.2) is 5.11 Å². The molecule has 5 nitrogen and oxygen atoms in total. The number of carbonyl (C=O) groups excluding carboxylic acids is 1. The molecule has 4 rings (SSSR count). The third kappa shape index (κ3) is 3.30. The van der Waals surface area contributed by atoms with Crippen molar-refractivity contribution in [1.82, 2.24) is 5.32 Å². The summed E-state index contributed by atoms with van der Waals surface area (Å²) in [4.78, 5) is 12.6. The molecule has 1 aromatic heterocycles. The molecule has 0 saturated carbocycles. The predicted octanol–water partition coefficient (Wildman–Crippen LogP) is 5.03. The molecular weight excluding hydrogens is 372 g/mol. The number of nitrogens with one attached hydrogen (secondary N) is 2. The number of para-hydroxylation sites is 2. The van der Waals surface area contributed by atoms with Crippen LogP contribution in [0.3, 0.4) is 0 Å². The van der Waals surface area contributed by atoms with Gasteiger partial charge >= 0.3 is 0 Å². The number of amides is 1. The maximum absolute atomic E-state index is 12.6. The lowest BCUT2D eigenvalue weighted by molar-refractivity contribution is 0.0974. The van der Waals surface area contributed by atoms with Crippen molar-refractivity contribution in [3.63, 3.8) is 0 Å². The van der Waals surface area contributed by atoms with E-state index in [1.54, 1.807) is 12.1 Å². The van der Waals surface area contributed by atoms with Crippen molar-refractivity contribution in [2.24, 2.45) is 0 Å². The van der Waals surface area contributed by atoms with Crippen LogP contribution in [-0.4, -0.2) is 18.1 Å². The number of thiocarbonyl (C=S) groups is 1. The van der Waals surface area contributed by atoms with Crippen molar-refractivity contribution in [3.05, 3.63) is 71.8 Å². The number of ether oxygens (including phenoxy) is 1.